The van der Waals surface area contributed by atoms with Gasteiger partial charge in [-0.15, -0.1) is 0 Å². The quantitative estimate of drug-likeness (QED) is 0.586. The van der Waals surface area contributed by atoms with Crippen LogP contribution in [0.5, 0.6) is 0 Å². The normalized spacial score (nSPS) is 18.4. The van der Waals surface area contributed by atoms with E-state index >= 15 is 0 Å². The van der Waals surface area contributed by atoms with Crippen LogP contribution in [-0.2, 0) is 10.0 Å². The topological polar surface area (TPSA) is 99.4 Å². The number of alkyl halides is 2. The van der Waals surface area contributed by atoms with Crippen LogP contribution < -0.4 is 28.7 Å². The molecule has 19 heavy (non-hydrogen) atoms. The van der Waals surface area contributed by atoms with Crippen LogP contribution in [0.15, 0.2) is 21.6 Å². The SMILES string of the molecule is O=C([O-])c1ccc(S(=O)(=O)NC2CC(F)(F)C2)o1.[Li+]. The zero-order valence-electron chi connectivity index (χ0n) is 9.85. The van der Waals surface area contributed by atoms with Gasteiger partial charge in [-0.25, -0.2) is 21.9 Å². The number of aromatic carboxylic acids is 1. The van der Waals surface area contributed by atoms with E-state index in [9.17, 15) is 27.1 Å². The van der Waals surface area contributed by atoms with E-state index in [-0.39, 0.29) is 18.9 Å². The van der Waals surface area contributed by atoms with Crippen LogP contribution in [0, 0.1) is 0 Å². The molecule has 6 nitrogen and oxygen atoms in total. The van der Waals surface area contributed by atoms with Crippen LogP contribution in [0.1, 0.15) is 23.4 Å². The van der Waals surface area contributed by atoms with Crippen molar-refractivity contribution >= 4 is 16.0 Å². The summed E-state index contributed by atoms with van der Waals surface area (Å²) < 4.78 is 54.8. The second kappa shape index (κ2) is 5.24. The van der Waals surface area contributed by atoms with Gasteiger partial charge in [0, 0.05) is 18.9 Å². The predicted octanol–water partition coefficient (Wildman–Crippen LogP) is -3.28. The zero-order chi connectivity index (χ0) is 13.6. The minimum atomic E-state index is -4.12. The van der Waals surface area contributed by atoms with Gasteiger partial charge in [0.1, 0.15) is 5.97 Å². The zero-order valence-corrected chi connectivity index (χ0v) is 10.7. The number of sulfonamides is 1. The van der Waals surface area contributed by atoms with Crippen molar-refractivity contribution in [1.29, 1.82) is 0 Å². The van der Waals surface area contributed by atoms with Gasteiger partial charge in [0.25, 0.3) is 15.9 Å². The Labute approximate surface area is 119 Å². The van der Waals surface area contributed by atoms with E-state index in [2.05, 4.69) is 4.42 Å². The van der Waals surface area contributed by atoms with Gasteiger partial charge >= 0.3 is 18.9 Å². The van der Waals surface area contributed by atoms with E-state index < -0.39 is 51.7 Å². The molecule has 1 aliphatic carbocycles. The predicted molar refractivity (Wildman–Crippen MR) is 51.3 cm³/mol. The molecule has 1 aliphatic rings. The number of carbonyl (C=O) groups is 1. The summed E-state index contributed by atoms with van der Waals surface area (Å²) in [6, 6.07) is 0.963. The average molecular weight is 287 g/mol. The van der Waals surface area contributed by atoms with Crippen molar-refractivity contribution in [2.75, 3.05) is 0 Å². The van der Waals surface area contributed by atoms with Crippen LogP contribution in [0.25, 0.3) is 0 Å². The number of furan rings is 1. The number of halogens is 2. The Morgan fingerprint density at radius 2 is 2.00 bits per heavy atom. The first-order valence-electron chi connectivity index (χ1n) is 4.91. The molecule has 1 heterocycles. The maximum Gasteiger partial charge on any atom is 1.00 e. The van der Waals surface area contributed by atoms with Crippen molar-refractivity contribution < 1.29 is 50.4 Å². The summed E-state index contributed by atoms with van der Waals surface area (Å²) in [5.41, 5.74) is 0. The standard InChI is InChI=1S/C9H9F2NO5S.Li/c10-9(11)3-5(4-9)12-18(15,16)7-2-1-6(17-7)8(13)14;/h1-2,5,12H,3-4H2,(H,13,14);/q;+1/p-1. The van der Waals surface area contributed by atoms with E-state index in [0.717, 1.165) is 12.1 Å². The first-order valence-corrected chi connectivity index (χ1v) is 6.39. The molecule has 1 saturated carbocycles. The summed E-state index contributed by atoms with van der Waals surface area (Å²) in [7, 11) is -4.12. The molecule has 0 aromatic carbocycles. The van der Waals surface area contributed by atoms with Gasteiger partial charge in [0.2, 0.25) is 5.09 Å². The molecular weight excluding hydrogens is 279 g/mol. The second-order valence-corrected chi connectivity index (χ2v) is 5.63. The molecule has 1 aromatic rings. The second-order valence-electron chi connectivity index (χ2n) is 3.99. The Hall–Kier alpha value is -0.883. The molecule has 1 N–H and O–H groups in total. The van der Waals surface area contributed by atoms with Crippen molar-refractivity contribution in [1.82, 2.24) is 4.72 Å². The molecule has 1 fully saturated rings. The van der Waals surface area contributed by atoms with Crippen molar-refractivity contribution in [2.24, 2.45) is 0 Å². The number of hydrogen-bond donors (Lipinski definition) is 1. The number of carboxylic acid groups (broad SMARTS) is 1. The first-order chi connectivity index (χ1) is 8.20. The van der Waals surface area contributed by atoms with Gasteiger partial charge in [0.05, 0.1) is 0 Å². The molecular formula is C9H8F2LiNO5S. The number of carboxylic acids is 1. The smallest absolute Gasteiger partial charge is 0.542 e. The van der Waals surface area contributed by atoms with Crippen LogP contribution in [-0.4, -0.2) is 26.4 Å². The van der Waals surface area contributed by atoms with Crippen LogP contribution >= 0.6 is 0 Å². The molecule has 0 atom stereocenters. The van der Waals surface area contributed by atoms with Crippen LogP contribution in [0.4, 0.5) is 8.78 Å². The monoisotopic (exact) mass is 287 g/mol. The van der Waals surface area contributed by atoms with E-state index in [0.29, 0.717) is 0 Å². The molecule has 10 heteroatoms. The largest absolute Gasteiger partial charge is 1.00 e. The fraction of sp³-hybridized carbons (Fsp3) is 0.444. The van der Waals surface area contributed by atoms with Crippen LogP contribution in [0.3, 0.4) is 0 Å². The molecule has 2 rings (SSSR count). The van der Waals surface area contributed by atoms with Gasteiger partial charge in [-0.1, -0.05) is 0 Å². The third-order valence-corrected chi connectivity index (χ3v) is 3.85. The van der Waals surface area contributed by atoms with Gasteiger partial charge < -0.3 is 14.3 Å². The summed E-state index contributed by atoms with van der Waals surface area (Å²) >= 11 is 0. The summed E-state index contributed by atoms with van der Waals surface area (Å²) in [5, 5.41) is 9.75. The Kier molecular flexibility index (Phi) is 4.46. The maximum absolute atomic E-state index is 12.5. The number of hydrogen-bond acceptors (Lipinski definition) is 5. The molecule has 0 radical (unpaired) electrons. The molecule has 0 spiro atoms. The molecule has 100 valence electrons. The third-order valence-electron chi connectivity index (χ3n) is 2.46. The Balaban J connectivity index is 0.00000180. The molecule has 0 aliphatic heterocycles. The number of nitrogens with one attached hydrogen (secondary N) is 1. The molecule has 0 amide bonds. The van der Waals surface area contributed by atoms with Crippen molar-refractivity contribution in [3.05, 3.63) is 17.9 Å². The van der Waals surface area contributed by atoms with Crippen LogP contribution in [0.2, 0.25) is 0 Å². The Morgan fingerprint density at radius 3 is 2.42 bits per heavy atom. The summed E-state index contributed by atoms with van der Waals surface area (Å²) in [4.78, 5) is 10.4. The van der Waals surface area contributed by atoms with Gasteiger partial charge in [0.15, 0.2) is 5.76 Å². The molecule has 0 unspecified atom stereocenters. The van der Waals surface area contributed by atoms with Crippen molar-refractivity contribution in [3.63, 3.8) is 0 Å². The van der Waals surface area contributed by atoms with Gasteiger partial charge in [-0.2, -0.15) is 0 Å². The molecule has 1 aromatic heterocycles. The van der Waals surface area contributed by atoms with Gasteiger partial charge in [-0.3, -0.25) is 0 Å². The Bertz CT molecular complexity index is 577. The summed E-state index contributed by atoms with van der Waals surface area (Å²) in [6.45, 7) is 0. The van der Waals surface area contributed by atoms with E-state index in [1.807, 2.05) is 4.72 Å². The minimum Gasteiger partial charge on any atom is -0.542 e. The molecule has 0 saturated heterocycles. The first kappa shape index (κ1) is 16.2. The summed E-state index contributed by atoms with van der Waals surface area (Å²) in [6.07, 6.45) is -1.17. The fourth-order valence-electron chi connectivity index (χ4n) is 1.60. The van der Waals surface area contributed by atoms with Crippen molar-refractivity contribution in [3.8, 4) is 0 Å². The van der Waals surface area contributed by atoms with Gasteiger partial charge in [-0.05, 0) is 12.1 Å². The summed E-state index contributed by atoms with van der Waals surface area (Å²) in [5.74, 6) is -5.16. The Morgan fingerprint density at radius 1 is 1.42 bits per heavy atom. The minimum absolute atomic E-state index is 0. The van der Waals surface area contributed by atoms with E-state index in [1.54, 1.807) is 0 Å². The maximum atomic E-state index is 12.5. The average Bonchev–Trinajstić information content (AvgIpc) is 2.62. The van der Waals surface area contributed by atoms with Crippen molar-refractivity contribution in [2.45, 2.75) is 29.9 Å². The van der Waals surface area contributed by atoms with E-state index in [1.165, 1.54) is 0 Å². The van der Waals surface area contributed by atoms with E-state index in [4.69, 9.17) is 0 Å². The third kappa shape index (κ3) is 3.57. The number of carbonyl (C=O) groups excluding carboxylic acids is 1. The molecule has 0 bridgehead atoms. The number of rotatable bonds is 4. The fourth-order valence-corrected chi connectivity index (χ4v) is 2.76.